The lowest BCUT2D eigenvalue weighted by Gasteiger charge is -2.29. The molecule has 1 unspecified atom stereocenters. The van der Waals surface area contributed by atoms with Gasteiger partial charge in [-0.2, -0.15) is 5.10 Å². The Labute approximate surface area is 123 Å². The summed E-state index contributed by atoms with van der Waals surface area (Å²) in [4.78, 5) is 0. The van der Waals surface area contributed by atoms with Gasteiger partial charge in [-0.15, -0.1) is 0 Å². The minimum Gasteiger partial charge on any atom is -0.389 e. The third-order valence-electron chi connectivity index (χ3n) is 4.17. The zero-order valence-electron chi connectivity index (χ0n) is 14.0. The average Bonchev–Trinajstić information content (AvgIpc) is 2.61. The zero-order valence-corrected chi connectivity index (χ0v) is 14.0. The van der Waals surface area contributed by atoms with Crippen LogP contribution in [0, 0.1) is 13.8 Å². The molecule has 1 rings (SSSR count). The lowest BCUT2D eigenvalue weighted by Crippen LogP contribution is -2.41. The highest BCUT2D eigenvalue weighted by atomic mass is 16.3. The van der Waals surface area contributed by atoms with Gasteiger partial charge < -0.3 is 10.4 Å². The van der Waals surface area contributed by atoms with E-state index in [4.69, 9.17) is 0 Å². The summed E-state index contributed by atoms with van der Waals surface area (Å²) in [6, 6.07) is 0.212. The minimum atomic E-state index is -0.582. The number of hydrogen-bond donors (Lipinski definition) is 2. The van der Waals surface area contributed by atoms with Gasteiger partial charge in [0.2, 0.25) is 0 Å². The molecule has 4 nitrogen and oxygen atoms in total. The van der Waals surface area contributed by atoms with Gasteiger partial charge in [0.25, 0.3) is 0 Å². The molecule has 1 aromatic heterocycles. The van der Waals surface area contributed by atoms with E-state index in [-0.39, 0.29) is 6.04 Å². The standard InChI is InChI=1S/C16H31N3O/c1-7-9-16(20,10-8-2)11-17-12(3)15-13(4)18-19(6)14(15)5/h12,17,20H,7-11H2,1-6H3. The van der Waals surface area contributed by atoms with Crippen LogP contribution in [0.4, 0.5) is 0 Å². The molecule has 0 fully saturated rings. The van der Waals surface area contributed by atoms with Crippen molar-refractivity contribution in [3.8, 4) is 0 Å². The van der Waals surface area contributed by atoms with Crippen LogP contribution in [-0.2, 0) is 7.05 Å². The Balaban J connectivity index is 2.72. The fraction of sp³-hybridized carbons (Fsp3) is 0.812. The summed E-state index contributed by atoms with van der Waals surface area (Å²) in [5, 5.41) is 18.6. The Kier molecular flexibility index (Phi) is 6.21. The van der Waals surface area contributed by atoms with E-state index < -0.39 is 5.60 Å². The number of aliphatic hydroxyl groups is 1. The molecule has 0 aliphatic rings. The van der Waals surface area contributed by atoms with E-state index in [1.807, 2.05) is 18.7 Å². The summed E-state index contributed by atoms with van der Waals surface area (Å²) in [5.41, 5.74) is 2.93. The molecular weight excluding hydrogens is 250 g/mol. The number of rotatable bonds is 8. The van der Waals surface area contributed by atoms with Crippen LogP contribution in [0.5, 0.6) is 0 Å². The van der Waals surface area contributed by atoms with Gasteiger partial charge in [-0.1, -0.05) is 26.7 Å². The van der Waals surface area contributed by atoms with Gasteiger partial charge in [-0.3, -0.25) is 4.68 Å². The van der Waals surface area contributed by atoms with E-state index in [9.17, 15) is 5.11 Å². The summed E-state index contributed by atoms with van der Waals surface area (Å²) in [5.74, 6) is 0. The second kappa shape index (κ2) is 7.23. The summed E-state index contributed by atoms with van der Waals surface area (Å²) in [7, 11) is 1.98. The van der Waals surface area contributed by atoms with Crippen LogP contribution in [0.25, 0.3) is 0 Å². The molecule has 20 heavy (non-hydrogen) atoms. The predicted molar refractivity (Wildman–Crippen MR) is 83.9 cm³/mol. The van der Waals surface area contributed by atoms with Crippen molar-refractivity contribution in [1.82, 2.24) is 15.1 Å². The molecule has 4 heteroatoms. The molecule has 2 N–H and O–H groups in total. The van der Waals surface area contributed by atoms with E-state index in [0.29, 0.717) is 6.54 Å². The molecule has 0 aliphatic heterocycles. The van der Waals surface area contributed by atoms with Crippen molar-refractivity contribution in [3.05, 3.63) is 17.0 Å². The maximum atomic E-state index is 10.7. The monoisotopic (exact) mass is 281 g/mol. The number of aromatic nitrogens is 2. The molecular formula is C16H31N3O. The van der Waals surface area contributed by atoms with Crippen LogP contribution in [0.1, 0.15) is 69.4 Å². The van der Waals surface area contributed by atoms with Crippen molar-refractivity contribution in [1.29, 1.82) is 0 Å². The molecule has 0 saturated heterocycles. The van der Waals surface area contributed by atoms with E-state index in [2.05, 4.69) is 38.1 Å². The van der Waals surface area contributed by atoms with Crippen LogP contribution in [0.2, 0.25) is 0 Å². The fourth-order valence-electron chi connectivity index (χ4n) is 3.09. The van der Waals surface area contributed by atoms with Crippen LogP contribution in [-0.4, -0.2) is 27.0 Å². The highest BCUT2D eigenvalue weighted by molar-refractivity contribution is 5.27. The lowest BCUT2D eigenvalue weighted by atomic mass is 9.92. The maximum Gasteiger partial charge on any atom is 0.0771 e. The molecule has 0 radical (unpaired) electrons. The predicted octanol–water partition coefficient (Wildman–Crippen LogP) is 3.02. The SMILES string of the molecule is CCCC(O)(CCC)CNC(C)c1c(C)nn(C)c1C. The van der Waals surface area contributed by atoms with Gasteiger partial charge in [0, 0.05) is 30.9 Å². The number of hydrogen-bond acceptors (Lipinski definition) is 3. The number of nitrogens with zero attached hydrogens (tertiary/aromatic N) is 2. The Hall–Kier alpha value is -0.870. The Morgan fingerprint density at radius 1 is 1.25 bits per heavy atom. The Bertz CT molecular complexity index is 420. The Morgan fingerprint density at radius 3 is 2.20 bits per heavy atom. The first-order valence-corrected chi connectivity index (χ1v) is 7.80. The van der Waals surface area contributed by atoms with Crippen LogP contribution >= 0.6 is 0 Å². The molecule has 1 aromatic rings. The first kappa shape index (κ1) is 17.2. The topological polar surface area (TPSA) is 50.1 Å². The zero-order chi connectivity index (χ0) is 15.3. The smallest absolute Gasteiger partial charge is 0.0771 e. The third kappa shape index (κ3) is 4.06. The third-order valence-corrected chi connectivity index (χ3v) is 4.17. The van der Waals surface area contributed by atoms with E-state index >= 15 is 0 Å². The number of nitrogens with one attached hydrogen (secondary N) is 1. The second-order valence-electron chi connectivity index (χ2n) is 6.04. The van der Waals surface area contributed by atoms with Crippen LogP contribution < -0.4 is 5.32 Å². The Morgan fingerprint density at radius 2 is 1.80 bits per heavy atom. The van der Waals surface area contributed by atoms with Crippen molar-refractivity contribution in [2.24, 2.45) is 7.05 Å². The molecule has 1 heterocycles. The van der Waals surface area contributed by atoms with Crippen LogP contribution in [0.3, 0.4) is 0 Å². The van der Waals surface area contributed by atoms with Crippen molar-refractivity contribution < 1.29 is 5.11 Å². The second-order valence-corrected chi connectivity index (χ2v) is 6.04. The molecule has 0 aliphatic carbocycles. The van der Waals surface area contributed by atoms with Gasteiger partial charge in [-0.25, -0.2) is 0 Å². The molecule has 1 atom stereocenters. The molecule has 0 aromatic carbocycles. The first-order valence-electron chi connectivity index (χ1n) is 7.80. The van der Waals surface area contributed by atoms with E-state index in [1.165, 1.54) is 11.3 Å². The van der Waals surface area contributed by atoms with Gasteiger partial charge in [0.05, 0.1) is 11.3 Å². The quantitative estimate of drug-likeness (QED) is 0.770. The van der Waals surface area contributed by atoms with Gasteiger partial charge >= 0.3 is 0 Å². The van der Waals surface area contributed by atoms with Crippen molar-refractivity contribution >= 4 is 0 Å². The molecule has 0 bridgehead atoms. The molecule has 0 saturated carbocycles. The number of aryl methyl sites for hydroxylation is 2. The van der Waals surface area contributed by atoms with Crippen molar-refractivity contribution in [2.45, 2.75) is 71.9 Å². The first-order chi connectivity index (χ1) is 9.34. The summed E-state index contributed by atoms with van der Waals surface area (Å²) >= 11 is 0. The van der Waals surface area contributed by atoms with Gasteiger partial charge in [-0.05, 0) is 33.6 Å². The summed E-state index contributed by atoms with van der Waals surface area (Å²) in [6.45, 7) is 11.2. The molecule has 0 spiro atoms. The summed E-state index contributed by atoms with van der Waals surface area (Å²) < 4.78 is 1.92. The van der Waals surface area contributed by atoms with Crippen molar-refractivity contribution in [2.75, 3.05) is 6.54 Å². The normalized spacial score (nSPS) is 13.8. The van der Waals surface area contributed by atoms with Crippen LogP contribution in [0.15, 0.2) is 0 Å². The van der Waals surface area contributed by atoms with Gasteiger partial charge in [0.15, 0.2) is 0 Å². The highest BCUT2D eigenvalue weighted by Crippen LogP contribution is 2.23. The lowest BCUT2D eigenvalue weighted by molar-refractivity contribution is 0.0196. The average molecular weight is 281 g/mol. The highest BCUT2D eigenvalue weighted by Gasteiger charge is 2.26. The molecule has 116 valence electrons. The largest absolute Gasteiger partial charge is 0.389 e. The maximum absolute atomic E-state index is 10.7. The molecule has 0 amide bonds. The fourth-order valence-corrected chi connectivity index (χ4v) is 3.09. The summed E-state index contributed by atoms with van der Waals surface area (Å²) in [6.07, 6.45) is 3.73. The van der Waals surface area contributed by atoms with Crippen molar-refractivity contribution in [3.63, 3.8) is 0 Å². The van der Waals surface area contributed by atoms with E-state index in [1.54, 1.807) is 0 Å². The van der Waals surface area contributed by atoms with Gasteiger partial charge in [0.1, 0.15) is 0 Å². The minimum absolute atomic E-state index is 0.212. The van der Waals surface area contributed by atoms with E-state index in [0.717, 1.165) is 31.4 Å².